The summed E-state index contributed by atoms with van der Waals surface area (Å²) in [6.45, 7) is 3.38. The Morgan fingerprint density at radius 2 is 1.86 bits per heavy atom. The minimum atomic E-state index is -0.193. The van der Waals surface area contributed by atoms with Gasteiger partial charge in [-0.25, -0.2) is 0 Å². The molecule has 6 nitrogen and oxygen atoms in total. The van der Waals surface area contributed by atoms with E-state index in [1.807, 2.05) is 19.1 Å². The molecule has 0 atom stereocenters. The van der Waals surface area contributed by atoms with Gasteiger partial charge in [0.15, 0.2) is 0 Å². The zero-order valence-electron chi connectivity index (χ0n) is 12.5. The van der Waals surface area contributed by atoms with Crippen LogP contribution in [0.15, 0.2) is 24.3 Å². The highest BCUT2D eigenvalue weighted by molar-refractivity contribution is 5.91. The predicted molar refractivity (Wildman–Crippen MR) is 80.2 cm³/mol. The Hall–Kier alpha value is -1.92. The van der Waals surface area contributed by atoms with E-state index in [-0.39, 0.29) is 18.4 Å². The van der Waals surface area contributed by atoms with Crippen LogP contribution in [0.1, 0.15) is 12.5 Å². The fourth-order valence-electron chi connectivity index (χ4n) is 1.64. The zero-order chi connectivity index (χ0) is 15.5. The van der Waals surface area contributed by atoms with Crippen LogP contribution in [0.25, 0.3) is 0 Å². The third-order valence-electron chi connectivity index (χ3n) is 2.67. The van der Waals surface area contributed by atoms with Gasteiger partial charge >= 0.3 is 0 Å². The highest BCUT2D eigenvalue weighted by Crippen LogP contribution is 2.10. The van der Waals surface area contributed by atoms with Crippen molar-refractivity contribution >= 4 is 17.5 Å². The van der Waals surface area contributed by atoms with E-state index in [1.165, 1.54) is 0 Å². The predicted octanol–water partition coefficient (Wildman–Crippen LogP) is 0.967. The molecule has 0 saturated heterocycles. The first kappa shape index (κ1) is 17.1. The van der Waals surface area contributed by atoms with E-state index in [9.17, 15) is 9.59 Å². The molecule has 6 heteroatoms. The van der Waals surface area contributed by atoms with Crippen LogP contribution in [-0.2, 0) is 25.5 Å². The minimum absolute atomic E-state index is 0.0418. The minimum Gasteiger partial charge on any atom is -0.383 e. The molecule has 0 spiro atoms. The van der Waals surface area contributed by atoms with Crippen molar-refractivity contribution in [1.82, 2.24) is 5.32 Å². The molecule has 21 heavy (non-hydrogen) atoms. The lowest BCUT2D eigenvalue weighted by atomic mass is 10.1. The highest BCUT2D eigenvalue weighted by atomic mass is 16.5. The van der Waals surface area contributed by atoms with E-state index >= 15 is 0 Å². The Morgan fingerprint density at radius 3 is 2.48 bits per heavy atom. The van der Waals surface area contributed by atoms with Gasteiger partial charge in [-0.05, 0) is 24.6 Å². The molecule has 2 N–H and O–H groups in total. The lowest BCUT2D eigenvalue weighted by Gasteiger charge is -2.07. The molecule has 2 amide bonds. The van der Waals surface area contributed by atoms with Crippen LogP contribution in [0.4, 0.5) is 5.69 Å². The van der Waals surface area contributed by atoms with Gasteiger partial charge in [0.05, 0.1) is 13.0 Å². The summed E-state index contributed by atoms with van der Waals surface area (Å²) in [5, 5.41) is 5.47. The number of carbonyl (C=O) groups excluding carboxylic acids is 2. The number of methoxy groups -OCH3 is 1. The van der Waals surface area contributed by atoms with Crippen molar-refractivity contribution in [3.05, 3.63) is 29.8 Å². The molecular weight excluding hydrogens is 272 g/mol. The molecule has 116 valence electrons. The molecular formula is C15H22N2O4. The molecule has 1 aromatic rings. The molecule has 0 aliphatic heterocycles. The summed E-state index contributed by atoms with van der Waals surface area (Å²) >= 11 is 0. The van der Waals surface area contributed by atoms with Crippen molar-refractivity contribution in [3.63, 3.8) is 0 Å². The average molecular weight is 294 g/mol. The van der Waals surface area contributed by atoms with Gasteiger partial charge < -0.3 is 20.1 Å². The highest BCUT2D eigenvalue weighted by Gasteiger charge is 2.04. The van der Waals surface area contributed by atoms with E-state index in [2.05, 4.69) is 10.6 Å². The van der Waals surface area contributed by atoms with Gasteiger partial charge in [0.1, 0.15) is 6.61 Å². The summed E-state index contributed by atoms with van der Waals surface area (Å²) in [7, 11) is 1.59. The van der Waals surface area contributed by atoms with Crippen LogP contribution in [0.5, 0.6) is 0 Å². The van der Waals surface area contributed by atoms with Crippen LogP contribution >= 0.6 is 0 Å². The normalized spacial score (nSPS) is 10.2. The second kappa shape index (κ2) is 9.90. The summed E-state index contributed by atoms with van der Waals surface area (Å²) in [5.74, 6) is -0.248. The molecule has 0 heterocycles. The number of carbonyl (C=O) groups is 2. The molecule has 0 bridgehead atoms. The Morgan fingerprint density at radius 1 is 1.14 bits per heavy atom. The number of hydrogen-bond acceptors (Lipinski definition) is 4. The number of rotatable bonds is 9. The van der Waals surface area contributed by atoms with Gasteiger partial charge in [0.2, 0.25) is 11.8 Å². The molecule has 0 unspecified atom stereocenters. The Labute approximate surface area is 124 Å². The van der Waals surface area contributed by atoms with E-state index in [1.54, 1.807) is 19.2 Å². The largest absolute Gasteiger partial charge is 0.383 e. The lowest BCUT2D eigenvalue weighted by molar-refractivity contribution is -0.121. The first-order valence-electron chi connectivity index (χ1n) is 6.88. The maximum absolute atomic E-state index is 11.6. The second-order valence-electron chi connectivity index (χ2n) is 4.40. The van der Waals surface area contributed by atoms with Gasteiger partial charge in [-0.3, -0.25) is 9.59 Å². The topological polar surface area (TPSA) is 76.7 Å². The van der Waals surface area contributed by atoms with Gasteiger partial charge in [0.25, 0.3) is 0 Å². The summed E-state index contributed by atoms with van der Waals surface area (Å²) in [5.41, 5.74) is 1.57. The van der Waals surface area contributed by atoms with Crippen LogP contribution < -0.4 is 10.6 Å². The average Bonchev–Trinajstić information content (AvgIpc) is 2.47. The van der Waals surface area contributed by atoms with Crippen LogP contribution in [0.2, 0.25) is 0 Å². The number of hydrogen-bond donors (Lipinski definition) is 2. The van der Waals surface area contributed by atoms with Crippen molar-refractivity contribution in [2.75, 3.05) is 38.8 Å². The fraction of sp³-hybridized carbons (Fsp3) is 0.467. The Balaban J connectivity index is 2.39. The molecule has 0 fully saturated rings. The number of benzene rings is 1. The van der Waals surface area contributed by atoms with Crippen molar-refractivity contribution in [2.45, 2.75) is 13.3 Å². The monoisotopic (exact) mass is 294 g/mol. The zero-order valence-corrected chi connectivity index (χ0v) is 12.5. The summed E-state index contributed by atoms with van der Waals surface area (Å²) in [4.78, 5) is 23.1. The van der Waals surface area contributed by atoms with Crippen molar-refractivity contribution < 1.29 is 19.1 Å². The third-order valence-corrected chi connectivity index (χ3v) is 2.67. The molecule has 0 radical (unpaired) electrons. The quantitative estimate of drug-likeness (QED) is 0.665. The summed E-state index contributed by atoms with van der Waals surface area (Å²) in [6, 6.07) is 7.15. The molecule has 1 aromatic carbocycles. The maximum atomic E-state index is 11.6. The van der Waals surface area contributed by atoms with E-state index in [4.69, 9.17) is 9.47 Å². The first-order valence-corrected chi connectivity index (χ1v) is 6.88. The fourth-order valence-corrected chi connectivity index (χ4v) is 1.64. The van der Waals surface area contributed by atoms with E-state index in [0.717, 1.165) is 5.56 Å². The lowest BCUT2D eigenvalue weighted by Crippen LogP contribution is -2.28. The van der Waals surface area contributed by atoms with Crippen LogP contribution in [0, 0.1) is 0 Å². The van der Waals surface area contributed by atoms with Crippen LogP contribution in [0.3, 0.4) is 0 Å². The van der Waals surface area contributed by atoms with Crippen molar-refractivity contribution in [2.24, 2.45) is 0 Å². The Kier molecular flexibility index (Phi) is 8.08. The smallest absolute Gasteiger partial charge is 0.250 e. The third kappa shape index (κ3) is 7.43. The summed E-state index contributed by atoms with van der Waals surface area (Å²) < 4.78 is 9.87. The molecule has 1 rings (SSSR count). The first-order chi connectivity index (χ1) is 10.2. The van der Waals surface area contributed by atoms with E-state index in [0.29, 0.717) is 31.9 Å². The number of amides is 2. The second-order valence-corrected chi connectivity index (χ2v) is 4.40. The molecule has 0 aliphatic carbocycles. The molecule has 0 aromatic heterocycles. The number of anilines is 1. The standard InChI is InChI=1S/C15H22N2O4/c1-3-21-11-15(19)17-13-6-4-12(5-7-13)10-14(18)16-8-9-20-2/h4-7H,3,8-11H2,1-2H3,(H,16,18)(H,17,19). The Bertz CT molecular complexity index is 445. The van der Waals surface area contributed by atoms with Crippen molar-refractivity contribution in [3.8, 4) is 0 Å². The molecule has 0 aliphatic rings. The summed E-state index contributed by atoms with van der Waals surface area (Å²) in [6.07, 6.45) is 0.302. The van der Waals surface area contributed by atoms with Crippen molar-refractivity contribution in [1.29, 1.82) is 0 Å². The van der Waals surface area contributed by atoms with Gasteiger partial charge in [-0.2, -0.15) is 0 Å². The van der Waals surface area contributed by atoms with Crippen LogP contribution in [-0.4, -0.2) is 45.3 Å². The van der Waals surface area contributed by atoms with Gasteiger partial charge in [-0.1, -0.05) is 12.1 Å². The molecule has 0 saturated carbocycles. The van der Waals surface area contributed by atoms with Gasteiger partial charge in [0, 0.05) is 25.9 Å². The van der Waals surface area contributed by atoms with E-state index < -0.39 is 0 Å². The maximum Gasteiger partial charge on any atom is 0.250 e. The van der Waals surface area contributed by atoms with Gasteiger partial charge in [-0.15, -0.1) is 0 Å². The SMILES string of the molecule is CCOCC(=O)Nc1ccc(CC(=O)NCCOC)cc1. The number of ether oxygens (including phenoxy) is 2. The number of nitrogens with one attached hydrogen (secondary N) is 2.